The van der Waals surface area contributed by atoms with Gasteiger partial charge in [-0.2, -0.15) is 0 Å². The molecule has 1 unspecified atom stereocenters. The SMILES string of the molecule is CC(NCC(=O)NCc1ccc(F)cc1)c1ccc(F)c(F)c1. The van der Waals surface area contributed by atoms with Crippen molar-refractivity contribution in [2.75, 3.05) is 6.54 Å². The van der Waals surface area contributed by atoms with Crippen LogP contribution in [0.2, 0.25) is 0 Å². The lowest BCUT2D eigenvalue weighted by molar-refractivity contribution is -0.120. The zero-order valence-corrected chi connectivity index (χ0v) is 12.6. The number of benzene rings is 2. The molecule has 1 atom stereocenters. The molecule has 0 spiro atoms. The predicted octanol–water partition coefficient (Wildman–Crippen LogP) is 3.07. The maximum absolute atomic E-state index is 13.2. The Hall–Kier alpha value is -2.34. The first-order valence-corrected chi connectivity index (χ1v) is 7.15. The predicted molar refractivity (Wildman–Crippen MR) is 81.0 cm³/mol. The Morgan fingerprint density at radius 1 is 1.04 bits per heavy atom. The first-order chi connectivity index (χ1) is 11.0. The largest absolute Gasteiger partial charge is 0.351 e. The monoisotopic (exact) mass is 322 g/mol. The number of hydrogen-bond donors (Lipinski definition) is 2. The molecule has 0 aliphatic rings. The van der Waals surface area contributed by atoms with E-state index in [4.69, 9.17) is 0 Å². The molecule has 0 aliphatic heterocycles. The minimum atomic E-state index is -0.920. The van der Waals surface area contributed by atoms with E-state index in [1.807, 2.05) is 0 Å². The second-order valence-electron chi connectivity index (χ2n) is 5.18. The van der Waals surface area contributed by atoms with E-state index >= 15 is 0 Å². The number of amides is 1. The van der Waals surface area contributed by atoms with Gasteiger partial charge in [-0.15, -0.1) is 0 Å². The van der Waals surface area contributed by atoms with E-state index in [-0.39, 0.29) is 24.3 Å². The minimum absolute atomic E-state index is 0.0291. The molecule has 2 aromatic rings. The van der Waals surface area contributed by atoms with Crippen molar-refractivity contribution in [1.82, 2.24) is 10.6 Å². The fourth-order valence-corrected chi connectivity index (χ4v) is 2.01. The summed E-state index contributed by atoms with van der Waals surface area (Å²) in [4.78, 5) is 11.8. The summed E-state index contributed by atoms with van der Waals surface area (Å²) in [6.07, 6.45) is 0. The standard InChI is InChI=1S/C17H17F3N2O/c1-11(13-4-7-15(19)16(20)8-13)21-10-17(23)22-9-12-2-5-14(18)6-3-12/h2-8,11,21H,9-10H2,1H3,(H,22,23). The topological polar surface area (TPSA) is 41.1 Å². The van der Waals surface area contributed by atoms with Crippen LogP contribution < -0.4 is 10.6 Å². The molecule has 0 heterocycles. The second kappa shape index (κ2) is 7.78. The van der Waals surface area contributed by atoms with Crippen molar-refractivity contribution in [3.05, 3.63) is 71.0 Å². The maximum atomic E-state index is 13.2. The second-order valence-corrected chi connectivity index (χ2v) is 5.18. The highest BCUT2D eigenvalue weighted by Gasteiger charge is 2.10. The number of nitrogens with one attached hydrogen (secondary N) is 2. The van der Waals surface area contributed by atoms with Gasteiger partial charge in [-0.25, -0.2) is 13.2 Å². The highest BCUT2D eigenvalue weighted by atomic mass is 19.2. The number of carbonyl (C=O) groups excluding carboxylic acids is 1. The van der Waals surface area contributed by atoms with Crippen molar-refractivity contribution in [1.29, 1.82) is 0 Å². The fourth-order valence-electron chi connectivity index (χ4n) is 2.01. The van der Waals surface area contributed by atoms with Crippen LogP contribution in [0.3, 0.4) is 0 Å². The van der Waals surface area contributed by atoms with Gasteiger partial charge in [-0.3, -0.25) is 4.79 Å². The molecule has 0 saturated heterocycles. The normalized spacial score (nSPS) is 12.0. The lowest BCUT2D eigenvalue weighted by atomic mass is 10.1. The van der Waals surface area contributed by atoms with Crippen LogP contribution in [0.25, 0.3) is 0 Å². The summed E-state index contributed by atoms with van der Waals surface area (Å²) in [6, 6.07) is 9.14. The van der Waals surface area contributed by atoms with E-state index in [9.17, 15) is 18.0 Å². The number of halogens is 3. The zero-order chi connectivity index (χ0) is 16.8. The van der Waals surface area contributed by atoms with Crippen molar-refractivity contribution in [3.8, 4) is 0 Å². The van der Waals surface area contributed by atoms with Crippen molar-refractivity contribution >= 4 is 5.91 Å². The molecule has 6 heteroatoms. The lowest BCUT2D eigenvalue weighted by Crippen LogP contribution is -2.34. The van der Waals surface area contributed by atoms with Gasteiger partial charge < -0.3 is 10.6 Å². The smallest absolute Gasteiger partial charge is 0.234 e. The third-order valence-electron chi connectivity index (χ3n) is 3.42. The highest BCUT2D eigenvalue weighted by Crippen LogP contribution is 2.15. The van der Waals surface area contributed by atoms with Gasteiger partial charge in [-0.05, 0) is 42.3 Å². The number of hydrogen-bond acceptors (Lipinski definition) is 2. The Kier molecular flexibility index (Phi) is 5.76. The molecular formula is C17H17F3N2O. The van der Waals surface area contributed by atoms with Crippen LogP contribution >= 0.6 is 0 Å². The van der Waals surface area contributed by atoms with E-state index < -0.39 is 11.6 Å². The number of carbonyl (C=O) groups is 1. The van der Waals surface area contributed by atoms with Crippen molar-refractivity contribution in [2.45, 2.75) is 19.5 Å². The molecule has 0 aliphatic carbocycles. The van der Waals surface area contributed by atoms with Crippen LogP contribution in [0, 0.1) is 17.5 Å². The van der Waals surface area contributed by atoms with E-state index in [1.165, 1.54) is 18.2 Å². The van der Waals surface area contributed by atoms with Crippen LogP contribution in [0.4, 0.5) is 13.2 Å². The van der Waals surface area contributed by atoms with Crippen LogP contribution in [0.1, 0.15) is 24.1 Å². The Labute approximate surface area is 132 Å². The van der Waals surface area contributed by atoms with Gasteiger partial charge in [0.2, 0.25) is 5.91 Å². The maximum Gasteiger partial charge on any atom is 0.234 e. The van der Waals surface area contributed by atoms with E-state index in [2.05, 4.69) is 10.6 Å². The van der Waals surface area contributed by atoms with Gasteiger partial charge in [-0.1, -0.05) is 18.2 Å². The Morgan fingerprint density at radius 2 is 1.74 bits per heavy atom. The molecule has 2 aromatic carbocycles. The summed E-state index contributed by atoms with van der Waals surface area (Å²) in [7, 11) is 0. The molecule has 3 nitrogen and oxygen atoms in total. The quantitative estimate of drug-likeness (QED) is 0.858. The van der Waals surface area contributed by atoms with Gasteiger partial charge in [0.25, 0.3) is 0 Å². The highest BCUT2D eigenvalue weighted by molar-refractivity contribution is 5.78. The summed E-state index contributed by atoms with van der Waals surface area (Å²) >= 11 is 0. The molecule has 2 N–H and O–H groups in total. The van der Waals surface area contributed by atoms with Crippen LogP contribution in [-0.4, -0.2) is 12.5 Å². The Morgan fingerprint density at radius 3 is 2.39 bits per heavy atom. The van der Waals surface area contributed by atoms with E-state index in [1.54, 1.807) is 19.1 Å². The van der Waals surface area contributed by atoms with E-state index in [0.29, 0.717) is 12.1 Å². The van der Waals surface area contributed by atoms with Gasteiger partial charge in [0.05, 0.1) is 6.54 Å². The van der Waals surface area contributed by atoms with Gasteiger partial charge >= 0.3 is 0 Å². The fraction of sp³-hybridized carbons (Fsp3) is 0.235. The molecule has 0 aromatic heterocycles. The van der Waals surface area contributed by atoms with Crippen LogP contribution in [0.5, 0.6) is 0 Å². The van der Waals surface area contributed by atoms with Crippen LogP contribution in [-0.2, 0) is 11.3 Å². The summed E-state index contributed by atoms with van der Waals surface area (Å²) in [6.45, 7) is 2.07. The molecule has 0 bridgehead atoms. The van der Waals surface area contributed by atoms with Crippen molar-refractivity contribution in [3.63, 3.8) is 0 Å². The van der Waals surface area contributed by atoms with E-state index in [0.717, 1.165) is 17.7 Å². The molecule has 23 heavy (non-hydrogen) atoms. The summed E-state index contributed by atoms with van der Waals surface area (Å²) in [5.41, 5.74) is 1.34. The zero-order valence-electron chi connectivity index (χ0n) is 12.6. The van der Waals surface area contributed by atoms with Gasteiger partial charge in [0.15, 0.2) is 11.6 Å². The first-order valence-electron chi connectivity index (χ1n) is 7.15. The molecule has 0 radical (unpaired) electrons. The van der Waals surface area contributed by atoms with Gasteiger partial charge in [0.1, 0.15) is 5.82 Å². The Bertz CT molecular complexity index is 674. The van der Waals surface area contributed by atoms with Gasteiger partial charge in [0, 0.05) is 12.6 Å². The average Bonchev–Trinajstić information content (AvgIpc) is 2.54. The average molecular weight is 322 g/mol. The molecule has 122 valence electrons. The van der Waals surface area contributed by atoms with Crippen molar-refractivity contribution < 1.29 is 18.0 Å². The first kappa shape index (κ1) is 17.0. The minimum Gasteiger partial charge on any atom is -0.351 e. The molecule has 0 fully saturated rings. The lowest BCUT2D eigenvalue weighted by Gasteiger charge is -2.14. The third kappa shape index (κ3) is 5.10. The third-order valence-corrected chi connectivity index (χ3v) is 3.42. The summed E-state index contributed by atoms with van der Waals surface area (Å²) in [5, 5.41) is 5.62. The number of rotatable bonds is 6. The van der Waals surface area contributed by atoms with Crippen molar-refractivity contribution in [2.24, 2.45) is 0 Å². The molecule has 0 saturated carbocycles. The van der Waals surface area contributed by atoms with Crippen LogP contribution in [0.15, 0.2) is 42.5 Å². The molecule has 1 amide bonds. The molecular weight excluding hydrogens is 305 g/mol. The summed E-state index contributed by atoms with van der Waals surface area (Å²) in [5.74, 6) is -2.40. The Balaban J connectivity index is 1.79. The molecule has 2 rings (SSSR count). The summed E-state index contributed by atoms with van der Waals surface area (Å²) < 4.78 is 38.8.